The molecular formula is C32H35N7O4. The van der Waals surface area contributed by atoms with Gasteiger partial charge in [0.2, 0.25) is 17.8 Å². The van der Waals surface area contributed by atoms with Crippen molar-refractivity contribution in [1.29, 1.82) is 0 Å². The lowest BCUT2D eigenvalue weighted by molar-refractivity contribution is -0.133. The van der Waals surface area contributed by atoms with E-state index in [9.17, 15) is 14.4 Å². The van der Waals surface area contributed by atoms with Crippen LogP contribution in [0, 0.1) is 5.41 Å². The van der Waals surface area contributed by atoms with E-state index in [0.717, 1.165) is 36.7 Å². The molecule has 43 heavy (non-hydrogen) atoms. The number of methoxy groups -OCH3 is 1. The quantitative estimate of drug-likeness (QED) is 0.268. The summed E-state index contributed by atoms with van der Waals surface area (Å²) in [5.41, 5.74) is 7.66. The highest BCUT2D eigenvalue weighted by Crippen LogP contribution is 2.49. The first-order valence-corrected chi connectivity index (χ1v) is 14.5. The molecule has 6 rings (SSSR count). The van der Waals surface area contributed by atoms with Crippen LogP contribution in [0.3, 0.4) is 0 Å². The van der Waals surface area contributed by atoms with Crippen LogP contribution in [-0.2, 0) is 9.59 Å². The number of nitrogens with one attached hydrogen (secondary N) is 1. The molecule has 222 valence electrons. The molecule has 11 heteroatoms. The topological polar surface area (TPSA) is 136 Å². The summed E-state index contributed by atoms with van der Waals surface area (Å²) in [4.78, 5) is 51.4. The number of anilines is 4. The number of fused-ring (bicyclic) bond motifs is 1. The maximum absolute atomic E-state index is 13.7. The Balaban J connectivity index is 1.32. The van der Waals surface area contributed by atoms with E-state index in [2.05, 4.69) is 14.9 Å². The van der Waals surface area contributed by atoms with Gasteiger partial charge in [0, 0.05) is 49.2 Å². The molecule has 0 radical (unpaired) electrons. The number of carbonyl (C=O) groups is 3. The molecule has 2 fully saturated rings. The lowest BCUT2D eigenvalue weighted by Gasteiger charge is -2.27. The summed E-state index contributed by atoms with van der Waals surface area (Å²) < 4.78 is 7.45. The predicted molar refractivity (Wildman–Crippen MR) is 164 cm³/mol. The van der Waals surface area contributed by atoms with Gasteiger partial charge < -0.3 is 25.3 Å². The van der Waals surface area contributed by atoms with Crippen LogP contribution in [0.25, 0.3) is 11.0 Å². The number of nitrogens with zero attached hydrogens (tertiary/aromatic N) is 5. The zero-order valence-electron chi connectivity index (χ0n) is 24.5. The van der Waals surface area contributed by atoms with Crippen molar-refractivity contribution < 1.29 is 19.1 Å². The van der Waals surface area contributed by atoms with Crippen molar-refractivity contribution in [2.45, 2.75) is 44.6 Å². The summed E-state index contributed by atoms with van der Waals surface area (Å²) >= 11 is 0. The Hall–Kier alpha value is -4.93. The van der Waals surface area contributed by atoms with Gasteiger partial charge in [-0.25, -0.2) is 4.98 Å². The summed E-state index contributed by atoms with van der Waals surface area (Å²) in [6.45, 7) is 0. The lowest BCUT2D eigenvalue weighted by Crippen LogP contribution is -2.41. The van der Waals surface area contributed by atoms with Gasteiger partial charge in [-0.15, -0.1) is 0 Å². The Bertz CT molecular complexity index is 1700. The molecule has 2 aromatic heterocycles. The zero-order valence-corrected chi connectivity index (χ0v) is 24.5. The highest BCUT2D eigenvalue weighted by atomic mass is 16.5. The maximum Gasteiger partial charge on any atom is 0.270 e. The first kappa shape index (κ1) is 28.2. The number of hydrogen-bond acceptors (Lipinski definition) is 7. The van der Waals surface area contributed by atoms with Crippen LogP contribution in [-0.4, -0.2) is 58.4 Å². The van der Waals surface area contributed by atoms with Crippen molar-refractivity contribution in [3.05, 3.63) is 66.5 Å². The van der Waals surface area contributed by atoms with Crippen molar-refractivity contribution in [2.75, 3.05) is 31.4 Å². The highest BCUT2D eigenvalue weighted by Gasteiger charge is 2.57. The smallest absolute Gasteiger partial charge is 0.270 e. The summed E-state index contributed by atoms with van der Waals surface area (Å²) in [6.07, 6.45) is 6.84. The molecule has 3 N–H and O–H groups in total. The fourth-order valence-electron chi connectivity index (χ4n) is 5.85. The minimum absolute atomic E-state index is 0.0607. The van der Waals surface area contributed by atoms with E-state index in [1.165, 1.54) is 4.90 Å². The third-order valence-electron chi connectivity index (χ3n) is 8.42. The van der Waals surface area contributed by atoms with Gasteiger partial charge in [-0.1, -0.05) is 18.9 Å². The molecule has 2 aliphatic carbocycles. The molecule has 2 aromatic carbocycles. The second-order valence-corrected chi connectivity index (χ2v) is 11.5. The van der Waals surface area contributed by atoms with E-state index in [4.69, 9.17) is 15.5 Å². The number of amides is 3. The summed E-state index contributed by atoms with van der Waals surface area (Å²) in [5, 5.41) is 4.07. The van der Waals surface area contributed by atoms with Crippen LogP contribution >= 0.6 is 0 Å². The first-order chi connectivity index (χ1) is 20.7. The number of rotatable bonds is 9. The molecule has 0 atom stereocenters. The number of aromatic nitrogens is 3. The van der Waals surface area contributed by atoms with Crippen molar-refractivity contribution in [2.24, 2.45) is 11.1 Å². The zero-order chi connectivity index (χ0) is 30.3. The second-order valence-electron chi connectivity index (χ2n) is 11.5. The largest absolute Gasteiger partial charge is 0.497 e. The molecule has 2 aliphatic rings. The van der Waals surface area contributed by atoms with E-state index < -0.39 is 11.3 Å². The van der Waals surface area contributed by atoms with Gasteiger partial charge in [-0.3, -0.25) is 19.3 Å². The molecule has 2 saturated carbocycles. The average molecular weight is 582 g/mol. The van der Waals surface area contributed by atoms with Crippen molar-refractivity contribution >= 4 is 51.8 Å². The fraction of sp³-hybridized carbons (Fsp3) is 0.344. The van der Waals surface area contributed by atoms with E-state index in [-0.39, 0.29) is 17.9 Å². The van der Waals surface area contributed by atoms with Gasteiger partial charge in [-0.2, -0.15) is 4.98 Å². The number of nitrogens with two attached hydrogens (primary N) is 1. The van der Waals surface area contributed by atoms with Crippen molar-refractivity contribution in [1.82, 2.24) is 19.4 Å². The third-order valence-corrected chi connectivity index (χ3v) is 8.42. The Morgan fingerprint density at radius 2 is 1.74 bits per heavy atom. The Kier molecular flexibility index (Phi) is 7.25. The molecule has 3 amide bonds. The van der Waals surface area contributed by atoms with E-state index in [1.54, 1.807) is 68.7 Å². The first-order valence-electron chi connectivity index (χ1n) is 14.5. The van der Waals surface area contributed by atoms with Gasteiger partial charge in [0.15, 0.2) is 0 Å². The molecule has 0 saturated heterocycles. The number of ether oxygens (including phenoxy) is 1. The van der Waals surface area contributed by atoms with E-state index in [0.29, 0.717) is 47.3 Å². The van der Waals surface area contributed by atoms with Gasteiger partial charge in [0.05, 0.1) is 12.8 Å². The van der Waals surface area contributed by atoms with Crippen LogP contribution in [0.4, 0.5) is 23.0 Å². The number of primary amides is 1. The van der Waals surface area contributed by atoms with Gasteiger partial charge in [0.1, 0.15) is 22.5 Å². The van der Waals surface area contributed by atoms with Gasteiger partial charge in [-0.05, 0) is 68.1 Å². The summed E-state index contributed by atoms with van der Waals surface area (Å²) in [6, 6.07) is 16.5. The molecule has 0 aliphatic heterocycles. The number of benzene rings is 2. The summed E-state index contributed by atoms with van der Waals surface area (Å²) in [5.74, 6) is -0.0577. The maximum atomic E-state index is 13.7. The molecule has 0 spiro atoms. The van der Waals surface area contributed by atoms with Crippen LogP contribution < -0.4 is 20.7 Å². The minimum Gasteiger partial charge on any atom is -0.497 e. The number of hydrogen-bond donors (Lipinski definition) is 2. The SMILES string of the molecule is COc1cccc(N(C(=O)C2(C(N)=O)CC2)c2ccc(Nc3ncc4cc(C(=O)N(C)C)n(C5CCCC5)c4n3)cc2)c1. The van der Waals surface area contributed by atoms with Gasteiger partial charge in [0.25, 0.3) is 5.91 Å². The highest BCUT2D eigenvalue weighted by molar-refractivity contribution is 6.16. The Labute approximate surface area is 249 Å². The van der Waals surface area contributed by atoms with Crippen LogP contribution in [0.1, 0.15) is 55.1 Å². The van der Waals surface area contributed by atoms with E-state index in [1.807, 2.05) is 18.2 Å². The third kappa shape index (κ3) is 5.15. The second kappa shape index (κ2) is 11.0. The molecule has 4 aromatic rings. The van der Waals surface area contributed by atoms with Crippen LogP contribution in [0.2, 0.25) is 0 Å². The van der Waals surface area contributed by atoms with Crippen LogP contribution in [0.15, 0.2) is 60.8 Å². The van der Waals surface area contributed by atoms with Gasteiger partial charge >= 0.3 is 0 Å². The van der Waals surface area contributed by atoms with Crippen LogP contribution in [0.5, 0.6) is 5.75 Å². The normalized spacial score (nSPS) is 15.7. The Morgan fingerprint density at radius 1 is 1.02 bits per heavy atom. The van der Waals surface area contributed by atoms with Crippen molar-refractivity contribution in [3.8, 4) is 5.75 Å². The molecular weight excluding hydrogens is 546 g/mol. The lowest BCUT2D eigenvalue weighted by atomic mass is 10.0. The minimum atomic E-state index is -1.20. The standard InChI is InChI=1S/C32H35N7O4/c1-37(2)28(40)26-17-20-19-34-31(36-27(20)39(26)22-7-4-5-8-22)35-21-11-13-23(14-12-21)38(24-9-6-10-25(18-24)43-3)30(42)32(15-16-32)29(33)41/h6,9-14,17-19,22H,4-5,7-8,15-16H2,1-3H3,(H2,33,41)(H,34,35,36). The Morgan fingerprint density at radius 3 is 2.37 bits per heavy atom. The monoisotopic (exact) mass is 581 g/mol. The van der Waals surface area contributed by atoms with E-state index >= 15 is 0 Å². The molecule has 0 unspecified atom stereocenters. The summed E-state index contributed by atoms with van der Waals surface area (Å²) in [7, 11) is 5.06. The van der Waals surface area contributed by atoms with Crippen molar-refractivity contribution in [3.63, 3.8) is 0 Å². The molecule has 0 bridgehead atoms. The molecule has 11 nitrogen and oxygen atoms in total. The fourth-order valence-corrected chi connectivity index (χ4v) is 5.85. The average Bonchev–Trinajstić information content (AvgIpc) is 3.50. The predicted octanol–water partition coefficient (Wildman–Crippen LogP) is 4.93. The molecule has 2 heterocycles. The number of carbonyl (C=O) groups excluding carboxylic acids is 3.